The van der Waals surface area contributed by atoms with E-state index in [1.165, 1.54) is 0 Å². The van der Waals surface area contributed by atoms with E-state index in [0.29, 0.717) is 34.1 Å². The zero-order valence-electron chi connectivity index (χ0n) is 11.2. The molecule has 0 saturated carbocycles. The molecule has 2 aromatic rings. The van der Waals surface area contributed by atoms with Gasteiger partial charge < -0.3 is 19.5 Å². The number of halogens is 2. The summed E-state index contributed by atoms with van der Waals surface area (Å²) in [6, 6.07) is 7.20. The van der Waals surface area contributed by atoms with Crippen LogP contribution >= 0.6 is 23.2 Å². The summed E-state index contributed by atoms with van der Waals surface area (Å²) in [6.45, 7) is 0.559. The van der Waals surface area contributed by atoms with E-state index in [2.05, 4.69) is 10.3 Å². The molecule has 21 heavy (non-hydrogen) atoms. The van der Waals surface area contributed by atoms with Gasteiger partial charge in [0.2, 0.25) is 12.7 Å². The number of benzene rings is 1. The van der Waals surface area contributed by atoms with E-state index in [1.807, 2.05) is 18.2 Å². The van der Waals surface area contributed by atoms with Crippen LogP contribution in [0.25, 0.3) is 0 Å². The SMILES string of the molecule is CNc1nc(OCc2ccc3c(c2)OCO3)c(Cl)cc1Cl. The Balaban J connectivity index is 1.75. The summed E-state index contributed by atoms with van der Waals surface area (Å²) in [7, 11) is 1.73. The molecule has 0 aliphatic carbocycles. The number of pyridine rings is 1. The van der Waals surface area contributed by atoms with Crippen LogP contribution in [0.15, 0.2) is 24.3 Å². The summed E-state index contributed by atoms with van der Waals surface area (Å²) >= 11 is 12.1. The topological polar surface area (TPSA) is 52.6 Å². The highest BCUT2D eigenvalue weighted by Gasteiger charge is 2.14. The number of anilines is 1. The maximum Gasteiger partial charge on any atom is 0.234 e. The standard InChI is InChI=1S/C14H12Cl2N2O3/c1-17-13-9(15)5-10(16)14(18-13)19-6-8-2-3-11-12(4-8)21-7-20-11/h2-5H,6-7H2,1H3,(H,17,18). The zero-order valence-corrected chi connectivity index (χ0v) is 12.7. The third kappa shape index (κ3) is 2.94. The Morgan fingerprint density at radius 1 is 1.19 bits per heavy atom. The molecule has 0 amide bonds. The molecular formula is C14H12Cl2N2O3. The van der Waals surface area contributed by atoms with Crippen molar-refractivity contribution < 1.29 is 14.2 Å². The first-order valence-corrected chi connectivity index (χ1v) is 6.98. The van der Waals surface area contributed by atoms with Crippen molar-refractivity contribution in [2.45, 2.75) is 6.61 Å². The van der Waals surface area contributed by atoms with Crippen molar-refractivity contribution in [3.05, 3.63) is 39.9 Å². The summed E-state index contributed by atoms with van der Waals surface area (Å²) in [5.74, 6) is 2.28. The van der Waals surface area contributed by atoms with Crippen LogP contribution in [-0.2, 0) is 6.61 Å². The van der Waals surface area contributed by atoms with Crippen molar-refractivity contribution in [1.82, 2.24) is 4.98 Å². The van der Waals surface area contributed by atoms with E-state index in [4.69, 9.17) is 37.4 Å². The smallest absolute Gasteiger partial charge is 0.234 e. The number of rotatable bonds is 4. The molecule has 1 aromatic heterocycles. The average Bonchev–Trinajstić information content (AvgIpc) is 2.94. The highest BCUT2D eigenvalue weighted by atomic mass is 35.5. The van der Waals surface area contributed by atoms with Gasteiger partial charge in [0.15, 0.2) is 11.5 Å². The Labute approximate surface area is 131 Å². The fourth-order valence-corrected chi connectivity index (χ4v) is 2.42. The van der Waals surface area contributed by atoms with Gasteiger partial charge in [-0.2, -0.15) is 4.98 Å². The molecule has 1 N–H and O–H groups in total. The Hall–Kier alpha value is -1.85. The second-order valence-corrected chi connectivity index (χ2v) is 5.15. The summed E-state index contributed by atoms with van der Waals surface area (Å²) in [5, 5.41) is 3.68. The van der Waals surface area contributed by atoms with E-state index in [1.54, 1.807) is 13.1 Å². The van der Waals surface area contributed by atoms with Crippen LogP contribution < -0.4 is 19.5 Å². The van der Waals surface area contributed by atoms with Crippen molar-refractivity contribution >= 4 is 29.0 Å². The molecule has 7 heteroatoms. The third-order valence-electron chi connectivity index (χ3n) is 2.95. The van der Waals surface area contributed by atoms with Gasteiger partial charge in [0.1, 0.15) is 17.4 Å². The molecule has 0 radical (unpaired) electrons. The molecule has 5 nitrogen and oxygen atoms in total. The molecule has 3 rings (SSSR count). The van der Waals surface area contributed by atoms with E-state index in [9.17, 15) is 0 Å². The number of nitrogens with one attached hydrogen (secondary N) is 1. The lowest BCUT2D eigenvalue weighted by Crippen LogP contribution is -2.01. The second-order valence-electron chi connectivity index (χ2n) is 4.33. The molecule has 0 bridgehead atoms. The Bertz CT molecular complexity index is 680. The van der Waals surface area contributed by atoms with Gasteiger partial charge in [-0.3, -0.25) is 0 Å². The highest BCUT2D eigenvalue weighted by molar-refractivity contribution is 6.36. The van der Waals surface area contributed by atoms with Gasteiger partial charge >= 0.3 is 0 Å². The van der Waals surface area contributed by atoms with Gasteiger partial charge in [-0.15, -0.1) is 0 Å². The molecule has 0 spiro atoms. The molecule has 1 aliphatic rings. The minimum Gasteiger partial charge on any atom is -0.472 e. The number of ether oxygens (including phenoxy) is 3. The van der Waals surface area contributed by atoms with E-state index >= 15 is 0 Å². The Morgan fingerprint density at radius 2 is 2.00 bits per heavy atom. The van der Waals surface area contributed by atoms with Gasteiger partial charge in [-0.25, -0.2) is 0 Å². The third-order valence-corrected chi connectivity index (χ3v) is 3.51. The average molecular weight is 327 g/mol. The van der Waals surface area contributed by atoms with Crippen molar-refractivity contribution in [3.8, 4) is 17.4 Å². The first kappa shape index (κ1) is 14.1. The van der Waals surface area contributed by atoms with Crippen molar-refractivity contribution in [2.24, 2.45) is 0 Å². The molecule has 110 valence electrons. The Morgan fingerprint density at radius 3 is 2.81 bits per heavy atom. The molecule has 0 fully saturated rings. The number of fused-ring (bicyclic) bond motifs is 1. The fraction of sp³-hybridized carbons (Fsp3) is 0.214. The molecule has 2 heterocycles. The minimum atomic E-state index is 0.246. The quantitative estimate of drug-likeness (QED) is 0.927. The van der Waals surface area contributed by atoms with Gasteiger partial charge in [-0.05, 0) is 23.8 Å². The van der Waals surface area contributed by atoms with Crippen LogP contribution in [-0.4, -0.2) is 18.8 Å². The zero-order chi connectivity index (χ0) is 14.8. The van der Waals surface area contributed by atoms with Crippen molar-refractivity contribution in [3.63, 3.8) is 0 Å². The van der Waals surface area contributed by atoms with Gasteiger partial charge in [0, 0.05) is 7.05 Å². The van der Waals surface area contributed by atoms with Gasteiger partial charge in [0.25, 0.3) is 0 Å². The summed E-state index contributed by atoms with van der Waals surface area (Å²) in [6.07, 6.45) is 0. The fourth-order valence-electron chi connectivity index (χ4n) is 1.91. The molecule has 0 saturated heterocycles. The highest BCUT2D eigenvalue weighted by Crippen LogP contribution is 2.34. The lowest BCUT2D eigenvalue weighted by atomic mass is 10.2. The van der Waals surface area contributed by atoms with Crippen molar-refractivity contribution in [2.75, 3.05) is 19.2 Å². The lowest BCUT2D eigenvalue weighted by Gasteiger charge is -2.10. The van der Waals surface area contributed by atoms with Crippen LogP contribution in [0.1, 0.15) is 5.56 Å². The number of nitrogens with zero attached hydrogens (tertiary/aromatic N) is 1. The largest absolute Gasteiger partial charge is 0.472 e. The van der Waals surface area contributed by atoms with Crippen LogP contribution in [0.2, 0.25) is 10.0 Å². The van der Waals surface area contributed by atoms with Crippen LogP contribution in [0.4, 0.5) is 5.82 Å². The second kappa shape index (κ2) is 5.87. The van der Waals surface area contributed by atoms with Crippen LogP contribution in [0, 0.1) is 0 Å². The maximum atomic E-state index is 6.07. The number of hydrogen-bond acceptors (Lipinski definition) is 5. The summed E-state index contributed by atoms with van der Waals surface area (Å²) < 4.78 is 16.2. The van der Waals surface area contributed by atoms with Crippen LogP contribution in [0.5, 0.6) is 17.4 Å². The van der Waals surface area contributed by atoms with E-state index in [0.717, 1.165) is 11.3 Å². The Kier molecular flexibility index (Phi) is 3.94. The summed E-state index contributed by atoms with van der Waals surface area (Å²) in [4.78, 5) is 4.22. The van der Waals surface area contributed by atoms with Crippen molar-refractivity contribution in [1.29, 1.82) is 0 Å². The van der Waals surface area contributed by atoms with E-state index < -0.39 is 0 Å². The van der Waals surface area contributed by atoms with Crippen LogP contribution in [0.3, 0.4) is 0 Å². The maximum absolute atomic E-state index is 6.07. The van der Waals surface area contributed by atoms with Gasteiger partial charge in [0.05, 0.1) is 5.02 Å². The normalized spacial score (nSPS) is 12.3. The molecule has 1 aromatic carbocycles. The first-order valence-electron chi connectivity index (χ1n) is 6.22. The first-order chi connectivity index (χ1) is 10.2. The number of aromatic nitrogens is 1. The number of hydrogen-bond donors (Lipinski definition) is 1. The predicted octanol–water partition coefficient (Wildman–Crippen LogP) is 3.74. The minimum absolute atomic E-state index is 0.246. The molecule has 1 aliphatic heterocycles. The monoisotopic (exact) mass is 326 g/mol. The lowest BCUT2D eigenvalue weighted by molar-refractivity contribution is 0.174. The molecule has 0 atom stereocenters. The molecular weight excluding hydrogens is 315 g/mol. The molecule has 0 unspecified atom stereocenters. The van der Waals surface area contributed by atoms with Gasteiger partial charge in [-0.1, -0.05) is 29.3 Å². The summed E-state index contributed by atoms with van der Waals surface area (Å²) in [5.41, 5.74) is 0.929. The predicted molar refractivity (Wildman–Crippen MR) is 80.7 cm³/mol. The van der Waals surface area contributed by atoms with E-state index in [-0.39, 0.29) is 6.79 Å².